The number of nitrogens with one attached hydrogen (secondary N) is 1. The normalized spacial score (nSPS) is 14.0. The Morgan fingerprint density at radius 3 is 2.29 bits per heavy atom. The topological polar surface area (TPSA) is 86.8 Å². The lowest BCUT2D eigenvalue weighted by atomic mass is 10.1. The van der Waals surface area contributed by atoms with Gasteiger partial charge < -0.3 is 5.32 Å². The maximum Gasteiger partial charge on any atom is 0.335 e. The molecule has 28 heavy (non-hydrogen) atoms. The van der Waals surface area contributed by atoms with Crippen LogP contribution in [0.3, 0.4) is 0 Å². The fourth-order valence-corrected chi connectivity index (χ4v) is 3.36. The molecule has 1 fully saturated rings. The van der Waals surface area contributed by atoms with Crippen LogP contribution in [0.1, 0.15) is 16.7 Å². The number of urea groups is 1. The van der Waals surface area contributed by atoms with Gasteiger partial charge in [-0.2, -0.15) is 0 Å². The quantitative estimate of drug-likeness (QED) is 0.618. The number of amides is 5. The van der Waals surface area contributed by atoms with Crippen molar-refractivity contribution in [3.8, 4) is 0 Å². The Morgan fingerprint density at radius 1 is 1.00 bits per heavy atom. The average molecular weight is 400 g/mol. The summed E-state index contributed by atoms with van der Waals surface area (Å²) in [5.41, 5.74) is 2.79. The van der Waals surface area contributed by atoms with Gasteiger partial charge in [-0.3, -0.25) is 19.3 Å². The standard InChI is InChI=1S/C20H18ClN3O4/c1-12-8-13(2)17(15(21)9-12)22-16(25)11-24-19(27)18(26)23(20(24)28)10-14-6-4-3-5-7-14/h3-9H,10-11H2,1-2H3,(H,22,25). The Hall–Kier alpha value is -3.19. The second-order valence-corrected chi connectivity index (χ2v) is 6.94. The van der Waals surface area contributed by atoms with E-state index in [1.54, 1.807) is 43.3 Å². The molecule has 0 saturated carbocycles. The number of hydrogen-bond donors (Lipinski definition) is 1. The van der Waals surface area contributed by atoms with E-state index >= 15 is 0 Å². The minimum absolute atomic E-state index is 0.0364. The average Bonchev–Trinajstić information content (AvgIpc) is 2.84. The number of halogens is 1. The number of nitrogens with zero attached hydrogens (tertiary/aromatic N) is 2. The second-order valence-electron chi connectivity index (χ2n) is 6.54. The van der Waals surface area contributed by atoms with E-state index in [4.69, 9.17) is 11.6 Å². The minimum Gasteiger partial charge on any atom is -0.323 e. The van der Waals surface area contributed by atoms with Crippen LogP contribution in [0.15, 0.2) is 42.5 Å². The number of aryl methyl sites for hydroxylation is 2. The molecule has 5 amide bonds. The molecule has 1 N–H and O–H groups in total. The number of carbonyl (C=O) groups is 4. The van der Waals surface area contributed by atoms with E-state index in [0.717, 1.165) is 16.0 Å². The zero-order chi connectivity index (χ0) is 20.4. The third kappa shape index (κ3) is 3.89. The molecule has 144 valence electrons. The lowest BCUT2D eigenvalue weighted by Gasteiger charge is -2.16. The first-order valence-corrected chi connectivity index (χ1v) is 8.93. The Morgan fingerprint density at radius 2 is 1.64 bits per heavy atom. The third-order valence-corrected chi connectivity index (χ3v) is 4.61. The van der Waals surface area contributed by atoms with Crippen LogP contribution in [0.5, 0.6) is 0 Å². The molecule has 0 bridgehead atoms. The summed E-state index contributed by atoms with van der Waals surface area (Å²) in [5, 5.41) is 2.96. The fraction of sp³-hybridized carbons (Fsp3) is 0.200. The van der Waals surface area contributed by atoms with Gasteiger partial charge in [0.25, 0.3) is 0 Å². The molecule has 0 atom stereocenters. The van der Waals surface area contributed by atoms with Gasteiger partial charge in [0.2, 0.25) is 5.91 Å². The van der Waals surface area contributed by atoms with Gasteiger partial charge in [-0.15, -0.1) is 0 Å². The van der Waals surface area contributed by atoms with Crippen LogP contribution in [-0.2, 0) is 20.9 Å². The predicted octanol–water partition coefficient (Wildman–Crippen LogP) is 2.89. The number of benzene rings is 2. The zero-order valence-corrected chi connectivity index (χ0v) is 16.1. The van der Waals surface area contributed by atoms with Crippen LogP contribution in [0.25, 0.3) is 0 Å². The predicted molar refractivity (Wildman–Crippen MR) is 104 cm³/mol. The highest BCUT2D eigenvalue weighted by Crippen LogP contribution is 2.27. The molecule has 1 aliphatic heterocycles. The van der Waals surface area contributed by atoms with Gasteiger partial charge in [0.05, 0.1) is 17.3 Å². The number of carbonyl (C=O) groups excluding carboxylic acids is 4. The summed E-state index contributed by atoms with van der Waals surface area (Å²) in [5.74, 6) is -2.60. The van der Waals surface area contributed by atoms with Crippen LogP contribution >= 0.6 is 11.6 Å². The maximum absolute atomic E-state index is 12.5. The van der Waals surface area contributed by atoms with Gasteiger partial charge in [0.15, 0.2) is 0 Å². The highest BCUT2D eigenvalue weighted by Gasteiger charge is 2.45. The summed E-state index contributed by atoms with van der Waals surface area (Å²) in [6.45, 7) is 3.05. The molecule has 3 rings (SSSR count). The van der Waals surface area contributed by atoms with E-state index in [1.165, 1.54) is 0 Å². The number of anilines is 1. The number of imide groups is 2. The molecule has 0 aliphatic carbocycles. The first kappa shape index (κ1) is 19.6. The molecule has 1 saturated heterocycles. The van der Waals surface area contributed by atoms with Gasteiger partial charge >= 0.3 is 17.8 Å². The van der Waals surface area contributed by atoms with Gasteiger partial charge in [-0.1, -0.05) is 48.0 Å². The van der Waals surface area contributed by atoms with Gasteiger partial charge in [-0.05, 0) is 36.6 Å². The lowest BCUT2D eigenvalue weighted by molar-refractivity contribution is -0.143. The van der Waals surface area contributed by atoms with Gasteiger partial charge in [0, 0.05) is 0 Å². The van der Waals surface area contributed by atoms with E-state index in [0.29, 0.717) is 21.2 Å². The monoisotopic (exact) mass is 399 g/mol. The largest absolute Gasteiger partial charge is 0.335 e. The van der Waals surface area contributed by atoms with Crippen molar-refractivity contribution in [3.63, 3.8) is 0 Å². The van der Waals surface area contributed by atoms with Crippen LogP contribution < -0.4 is 5.32 Å². The van der Waals surface area contributed by atoms with Crippen molar-refractivity contribution in [1.82, 2.24) is 9.80 Å². The molecular formula is C20H18ClN3O4. The van der Waals surface area contributed by atoms with Crippen molar-refractivity contribution in [3.05, 3.63) is 64.2 Å². The highest BCUT2D eigenvalue weighted by atomic mass is 35.5. The van der Waals surface area contributed by atoms with Crippen molar-refractivity contribution >= 4 is 41.0 Å². The molecule has 2 aromatic rings. The maximum atomic E-state index is 12.5. The Bertz CT molecular complexity index is 952. The molecule has 0 radical (unpaired) electrons. The van der Waals surface area contributed by atoms with Crippen molar-refractivity contribution < 1.29 is 19.2 Å². The van der Waals surface area contributed by atoms with E-state index in [-0.39, 0.29) is 6.54 Å². The Balaban J connectivity index is 1.72. The molecule has 7 nitrogen and oxygen atoms in total. The summed E-state index contributed by atoms with van der Waals surface area (Å²) >= 11 is 6.16. The lowest BCUT2D eigenvalue weighted by Crippen LogP contribution is -2.39. The molecule has 0 spiro atoms. The van der Waals surface area contributed by atoms with Crippen LogP contribution in [-0.4, -0.2) is 40.1 Å². The molecule has 8 heteroatoms. The van der Waals surface area contributed by atoms with E-state index in [2.05, 4.69) is 5.32 Å². The van der Waals surface area contributed by atoms with E-state index < -0.39 is 30.3 Å². The molecule has 1 heterocycles. The summed E-state index contributed by atoms with van der Waals surface area (Å²) in [6.07, 6.45) is 0. The van der Waals surface area contributed by atoms with Crippen LogP contribution in [0.2, 0.25) is 5.02 Å². The van der Waals surface area contributed by atoms with Crippen LogP contribution in [0, 0.1) is 13.8 Å². The number of rotatable bonds is 5. The molecule has 1 aliphatic rings. The van der Waals surface area contributed by atoms with Crippen molar-refractivity contribution in [2.24, 2.45) is 0 Å². The first-order chi connectivity index (χ1) is 13.3. The van der Waals surface area contributed by atoms with Gasteiger partial charge in [0.1, 0.15) is 6.54 Å². The molecule has 0 aromatic heterocycles. The molecular weight excluding hydrogens is 382 g/mol. The fourth-order valence-electron chi connectivity index (χ4n) is 2.99. The smallest absolute Gasteiger partial charge is 0.323 e. The van der Waals surface area contributed by atoms with Gasteiger partial charge in [-0.25, -0.2) is 9.69 Å². The Labute approximate surface area is 166 Å². The summed E-state index contributed by atoms with van der Waals surface area (Å²) in [7, 11) is 0. The SMILES string of the molecule is Cc1cc(C)c(NC(=O)CN2C(=O)C(=O)N(Cc3ccccc3)C2=O)c(Cl)c1. The zero-order valence-electron chi connectivity index (χ0n) is 15.4. The van der Waals surface area contributed by atoms with Crippen molar-refractivity contribution in [1.29, 1.82) is 0 Å². The minimum atomic E-state index is -1.03. The molecule has 0 unspecified atom stereocenters. The summed E-state index contributed by atoms with van der Waals surface area (Å²) in [6, 6.07) is 11.5. The first-order valence-electron chi connectivity index (χ1n) is 8.55. The number of hydrogen-bond acceptors (Lipinski definition) is 4. The van der Waals surface area contributed by atoms with Crippen molar-refractivity contribution in [2.75, 3.05) is 11.9 Å². The summed E-state index contributed by atoms with van der Waals surface area (Å²) < 4.78 is 0. The van der Waals surface area contributed by atoms with Crippen molar-refractivity contribution in [2.45, 2.75) is 20.4 Å². The summed E-state index contributed by atoms with van der Waals surface area (Å²) in [4.78, 5) is 50.7. The van der Waals surface area contributed by atoms with E-state index in [9.17, 15) is 19.2 Å². The Kier molecular flexibility index (Phi) is 5.46. The van der Waals surface area contributed by atoms with E-state index in [1.807, 2.05) is 13.0 Å². The van der Waals surface area contributed by atoms with Crippen LogP contribution in [0.4, 0.5) is 10.5 Å². The second kappa shape index (κ2) is 7.82. The third-order valence-electron chi connectivity index (χ3n) is 4.32. The molecule has 2 aromatic carbocycles. The highest BCUT2D eigenvalue weighted by molar-refractivity contribution is 6.45.